The Balaban J connectivity index is 1.82. The van der Waals surface area contributed by atoms with Crippen LogP contribution in [0.2, 0.25) is 5.28 Å². The molecule has 2 heterocycles. The first-order valence-corrected chi connectivity index (χ1v) is 6.46. The molecule has 1 aliphatic heterocycles. The second-order valence-electron chi connectivity index (χ2n) is 3.69. The molecule has 0 bridgehead atoms. The summed E-state index contributed by atoms with van der Waals surface area (Å²) >= 11 is 9.08. The highest BCUT2D eigenvalue weighted by molar-refractivity contribution is 9.10. The average Bonchev–Trinajstić information content (AvgIpc) is 2.76. The number of hydrogen-bond acceptors (Lipinski definition) is 4. The van der Waals surface area contributed by atoms with Gasteiger partial charge < -0.3 is 10.1 Å². The summed E-state index contributed by atoms with van der Waals surface area (Å²) in [5.74, 6) is 0.734. The van der Waals surface area contributed by atoms with E-state index in [0.29, 0.717) is 6.10 Å². The topological polar surface area (TPSA) is 47.0 Å². The minimum absolute atomic E-state index is 0.253. The van der Waals surface area contributed by atoms with Crippen molar-refractivity contribution in [3.63, 3.8) is 0 Å². The Hall–Kier alpha value is -0.390. The van der Waals surface area contributed by atoms with Crippen molar-refractivity contribution in [3.8, 4) is 0 Å². The van der Waals surface area contributed by atoms with Crippen molar-refractivity contribution in [3.05, 3.63) is 16.0 Å². The van der Waals surface area contributed by atoms with E-state index in [-0.39, 0.29) is 5.28 Å². The van der Waals surface area contributed by atoms with E-state index in [1.165, 1.54) is 6.42 Å². The molecule has 16 heavy (non-hydrogen) atoms. The first kappa shape index (κ1) is 12.1. The number of hydrogen-bond donors (Lipinski definition) is 1. The number of nitrogens with zero attached hydrogens (tertiary/aromatic N) is 2. The SMILES string of the molecule is Clc1ncc(Br)c(NCCC2CCCO2)n1. The Morgan fingerprint density at radius 3 is 3.25 bits per heavy atom. The van der Waals surface area contributed by atoms with Gasteiger partial charge in [-0.25, -0.2) is 4.98 Å². The summed E-state index contributed by atoms with van der Waals surface area (Å²) in [6.45, 7) is 1.73. The van der Waals surface area contributed by atoms with Crippen LogP contribution in [-0.4, -0.2) is 29.2 Å². The molecule has 4 nitrogen and oxygen atoms in total. The van der Waals surface area contributed by atoms with E-state index in [0.717, 1.165) is 36.3 Å². The van der Waals surface area contributed by atoms with E-state index in [1.54, 1.807) is 6.20 Å². The van der Waals surface area contributed by atoms with Crippen LogP contribution in [0.25, 0.3) is 0 Å². The predicted octanol–water partition coefficient (Wildman–Crippen LogP) is 2.87. The first-order chi connectivity index (χ1) is 7.75. The number of halogens is 2. The fourth-order valence-electron chi connectivity index (χ4n) is 1.69. The van der Waals surface area contributed by atoms with Crippen LogP contribution in [0.3, 0.4) is 0 Å². The second kappa shape index (κ2) is 5.80. The van der Waals surface area contributed by atoms with Gasteiger partial charge in [0.2, 0.25) is 5.28 Å². The normalized spacial score (nSPS) is 20.0. The van der Waals surface area contributed by atoms with E-state index < -0.39 is 0 Å². The van der Waals surface area contributed by atoms with Crippen LogP contribution >= 0.6 is 27.5 Å². The van der Waals surface area contributed by atoms with Gasteiger partial charge in [0, 0.05) is 19.3 Å². The maximum absolute atomic E-state index is 5.72. The molecule has 1 aliphatic rings. The lowest BCUT2D eigenvalue weighted by molar-refractivity contribution is 0.107. The third-order valence-corrected chi connectivity index (χ3v) is 3.26. The number of anilines is 1. The van der Waals surface area contributed by atoms with Crippen molar-refractivity contribution < 1.29 is 4.74 Å². The average molecular weight is 307 g/mol. The van der Waals surface area contributed by atoms with E-state index in [2.05, 4.69) is 31.2 Å². The summed E-state index contributed by atoms with van der Waals surface area (Å²) in [6.07, 6.45) is 5.36. The molecule has 1 fully saturated rings. The third-order valence-electron chi connectivity index (χ3n) is 2.50. The van der Waals surface area contributed by atoms with Crippen molar-refractivity contribution in [1.29, 1.82) is 0 Å². The molecule has 1 aromatic heterocycles. The summed E-state index contributed by atoms with van der Waals surface area (Å²) in [4.78, 5) is 7.96. The fourth-order valence-corrected chi connectivity index (χ4v) is 2.16. The molecule has 6 heteroatoms. The van der Waals surface area contributed by atoms with Gasteiger partial charge in [0.1, 0.15) is 5.82 Å². The molecule has 0 radical (unpaired) electrons. The Kier molecular flexibility index (Phi) is 4.37. The van der Waals surface area contributed by atoms with Crippen molar-refractivity contribution in [2.75, 3.05) is 18.5 Å². The molecular weight excluding hydrogens is 293 g/mol. The zero-order chi connectivity index (χ0) is 11.4. The highest BCUT2D eigenvalue weighted by Crippen LogP contribution is 2.21. The highest BCUT2D eigenvalue weighted by Gasteiger charge is 2.14. The molecule has 0 amide bonds. The molecule has 0 aromatic carbocycles. The summed E-state index contributed by atoms with van der Waals surface area (Å²) in [5, 5.41) is 3.47. The number of aromatic nitrogens is 2. The van der Waals surface area contributed by atoms with E-state index in [9.17, 15) is 0 Å². The number of rotatable bonds is 4. The van der Waals surface area contributed by atoms with E-state index in [1.807, 2.05) is 0 Å². The van der Waals surface area contributed by atoms with Gasteiger partial charge in [-0.05, 0) is 46.8 Å². The zero-order valence-corrected chi connectivity index (χ0v) is 11.1. The highest BCUT2D eigenvalue weighted by atomic mass is 79.9. The van der Waals surface area contributed by atoms with Crippen LogP contribution in [0.5, 0.6) is 0 Å². The zero-order valence-electron chi connectivity index (χ0n) is 8.75. The van der Waals surface area contributed by atoms with Gasteiger partial charge in [0.15, 0.2) is 0 Å². The fraction of sp³-hybridized carbons (Fsp3) is 0.600. The molecule has 1 unspecified atom stereocenters. The minimum atomic E-state index is 0.253. The molecule has 88 valence electrons. The molecule has 1 saturated heterocycles. The quantitative estimate of drug-likeness (QED) is 0.869. The lowest BCUT2D eigenvalue weighted by Crippen LogP contribution is -2.13. The molecule has 2 rings (SSSR count). The third kappa shape index (κ3) is 3.30. The summed E-state index contributed by atoms with van der Waals surface area (Å²) in [5.41, 5.74) is 0. The number of nitrogens with one attached hydrogen (secondary N) is 1. The van der Waals surface area contributed by atoms with E-state index >= 15 is 0 Å². The maximum atomic E-state index is 5.72. The number of ether oxygens (including phenoxy) is 1. The van der Waals surface area contributed by atoms with Gasteiger partial charge in [-0.15, -0.1) is 0 Å². The summed E-state index contributed by atoms with van der Waals surface area (Å²) in [7, 11) is 0. The van der Waals surface area contributed by atoms with Crippen molar-refractivity contribution >= 4 is 33.3 Å². The predicted molar refractivity (Wildman–Crippen MR) is 66.8 cm³/mol. The smallest absolute Gasteiger partial charge is 0.224 e. The molecule has 0 spiro atoms. The molecule has 1 aromatic rings. The molecule has 1 N–H and O–H groups in total. The van der Waals surface area contributed by atoms with Crippen LogP contribution < -0.4 is 5.32 Å². The molecular formula is C10H13BrClN3O. The molecule has 0 saturated carbocycles. The van der Waals surface area contributed by atoms with Gasteiger partial charge in [0.05, 0.1) is 10.6 Å². The van der Waals surface area contributed by atoms with Gasteiger partial charge in [-0.2, -0.15) is 4.98 Å². The van der Waals surface area contributed by atoms with Crippen molar-refractivity contribution in [2.45, 2.75) is 25.4 Å². The van der Waals surface area contributed by atoms with Gasteiger partial charge in [-0.1, -0.05) is 0 Å². The maximum Gasteiger partial charge on any atom is 0.224 e. The standard InChI is InChI=1S/C10H13BrClN3O/c11-8-6-14-10(12)15-9(8)13-4-3-7-2-1-5-16-7/h6-7H,1-5H2,(H,13,14,15). The van der Waals surface area contributed by atoms with Crippen LogP contribution in [-0.2, 0) is 4.74 Å². The largest absolute Gasteiger partial charge is 0.378 e. The first-order valence-electron chi connectivity index (χ1n) is 5.29. The lowest BCUT2D eigenvalue weighted by atomic mass is 10.2. The second-order valence-corrected chi connectivity index (χ2v) is 4.88. The van der Waals surface area contributed by atoms with Crippen LogP contribution in [0.4, 0.5) is 5.82 Å². The monoisotopic (exact) mass is 305 g/mol. The molecule has 0 aliphatic carbocycles. The Morgan fingerprint density at radius 1 is 1.62 bits per heavy atom. The Bertz CT molecular complexity index is 358. The molecule has 1 atom stereocenters. The summed E-state index contributed by atoms with van der Waals surface area (Å²) < 4.78 is 6.36. The van der Waals surface area contributed by atoms with Crippen molar-refractivity contribution in [1.82, 2.24) is 9.97 Å². The van der Waals surface area contributed by atoms with Gasteiger partial charge in [-0.3, -0.25) is 0 Å². The van der Waals surface area contributed by atoms with Gasteiger partial charge >= 0.3 is 0 Å². The van der Waals surface area contributed by atoms with Crippen LogP contribution in [0, 0.1) is 0 Å². The Morgan fingerprint density at radius 2 is 2.50 bits per heavy atom. The van der Waals surface area contributed by atoms with Crippen molar-refractivity contribution in [2.24, 2.45) is 0 Å². The van der Waals surface area contributed by atoms with E-state index in [4.69, 9.17) is 16.3 Å². The summed E-state index contributed by atoms with van der Waals surface area (Å²) in [6, 6.07) is 0. The van der Waals surface area contributed by atoms with Gasteiger partial charge in [0.25, 0.3) is 0 Å². The van der Waals surface area contributed by atoms with Crippen LogP contribution in [0.1, 0.15) is 19.3 Å². The lowest BCUT2D eigenvalue weighted by Gasteiger charge is -2.11. The Labute approximate surface area is 108 Å². The minimum Gasteiger partial charge on any atom is -0.378 e. The van der Waals surface area contributed by atoms with Crippen LogP contribution in [0.15, 0.2) is 10.7 Å².